The fourth-order valence-electron chi connectivity index (χ4n) is 2.84. The summed E-state index contributed by atoms with van der Waals surface area (Å²) in [7, 11) is 0. The molecular weight excluding hydrogens is 347 g/mol. The van der Waals surface area contributed by atoms with Crippen molar-refractivity contribution >= 4 is 17.5 Å². The minimum atomic E-state index is -4.54. The van der Waals surface area contributed by atoms with E-state index in [9.17, 15) is 13.2 Å². The number of rotatable bonds is 6. The Morgan fingerprint density at radius 1 is 1.35 bits per heavy atom. The highest BCUT2D eigenvalue weighted by molar-refractivity contribution is 5.58. The zero-order valence-corrected chi connectivity index (χ0v) is 14.4. The molecule has 3 rings (SSSR count). The first-order valence-corrected chi connectivity index (χ1v) is 8.18. The van der Waals surface area contributed by atoms with E-state index in [2.05, 4.69) is 31.8 Å². The summed E-state index contributed by atoms with van der Waals surface area (Å²) in [6.45, 7) is 3.82. The van der Waals surface area contributed by atoms with Gasteiger partial charge < -0.3 is 10.6 Å². The Morgan fingerprint density at radius 3 is 2.65 bits per heavy atom. The molecule has 0 aromatic carbocycles. The topological polar surface area (TPSA) is 91.5 Å². The molecule has 0 aliphatic heterocycles. The Morgan fingerprint density at radius 2 is 2.08 bits per heavy atom. The standard InChI is InChI=1S/C16H18F3N7/c1-3-21-13-11(16(17,18)19)8-22-14(25-13)24-12-9-23-26(10(12)2)15(4-5-15)6-7-20/h8-9H,3-6H2,1-2H3,(H2,21,22,24,25). The Hall–Kier alpha value is -2.83. The van der Waals surface area contributed by atoms with E-state index in [1.807, 2.05) is 6.92 Å². The van der Waals surface area contributed by atoms with Crippen molar-refractivity contribution in [2.75, 3.05) is 17.2 Å². The van der Waals surface area contributed by atoms with E-state index in [1.54, 1.807) is 17.8 Å². The van der Waals surface area contributed by atoms with Gasteiger partial charge in [-0.15, -0.1) is 0 Å². The molecule has 2 aromatic heterocycles. The number of nitrogens with zero attached hydrogens (tertiary/aromatic N) is 5. The fraction of sp³-hybridized carbons (Fsp3) is 0.500. The summed E-state index contributed by atoms with van der Waals surface area (Å²) in [5.41, 5.74) is 0.195. The molecule has 0 unspecified atom stereocenters. The van der Waals surface area contributed by atoms with Crippen molar-refractivity contribution < 1.29 is 13.2 Å². The summed E-state index contributed by atoms with van der Waals surface area (Å²) in [5, 5.41) is 18.8. The van der Waals surface area contributed by atoms with Gasteiger partial charge >= 0.3 is 6.18 Å². The first-order valence-electron chi connectivity index (χ1n) is 8.18. The number of alkyl halides is 3. The van der Waals surface area contributed by atoms with Crippen molar-refractivity contribution in [2.24, 2.45) is 0 Å². The molecule has 0 spiro atoms. The zero-order chi connectivity index (χ0) is 18.9. The van der Waals surface area contributed by atoms with Gasteiger partial charge in [0.15, 0.2) is 0 Å². The Balaban J connectivity index is 1.87. The van der Waals surface area contributed by atoms with Gasteiger partial charge in [0.1, 0.15) is 11.4 Å². The first-order chi connectivity index (χ1) is 12.3. The van der Waals surface area contributed by atoms with Crippen molar-refractivity contribution in [1.82, 2.24) is 19.7 Å². The summed E-state index contributed by atoms with van der Waals surface area (Å²) in [4.78, 5) is 7.72. The molecule has 2 N–H and O–H groups in total. The van der Waals surface area contributed by atoms with Crippen LogP contribution in [-0.2, 0) is 11.7 Å². The predicted molar refractivity (Wildman–Crippen MR) is 88.9 cm³/mol. The number of halogens is 3. The van der Waals surface area contributed by atoms with Crippen LogP contribution in [0.15, 0.2) is 12.4 Å². The predicted octanol–water partition coefficient (Wildman–Crippen LogP) is 3.58. The van der Waals surface area contributed by atoms with Crippen molar-refractivity contribution in [1.29, 1.82) is 5.26 Å². The minimum Gasteiger partial charge on any atom is -0.370 e. The highest BCUT2D eigenvalue weighted by Crippen LogP contribution is 2.47. The molecule has 2 aromatic rings. The van der Waals surface area contributed by atoms with Crippen LogP contribution in [0.4, 0.5) is 30.6 Å². The maximum atomic E-state index is 13.0. The molecule has 2 heterocycles. The highest BCUT2D eigenvalue weighted by Gasteiger charge is 2.46. The molecule has 1 aliphatic rings. The Labute approximate surface area is 148 Å². The third-order valence-electron chi connectivity index (χ3n) is 4.38. The van der Waals surface area contributed by atoms with E-state index in [0.717, 1.165) is 24.7 Å². The number of aromatic nitrogens is 4. The van der Waals surface area contributed by atoms with Crippen LogP contribution in [0.1, 0.15) is 37.4 Å². The van der Waals surface area contributed by atoms with Crippen molar-refractivity contribution in [3.8, 4) is 6.07 Å². The molecule has 7 nitrogen and oxygen atoms in total. The number of nitriles is 1. The lowest BCUT2D eigenvalue weighted by Crippen LogP contribution is -2.19. The minimum absolute atomic E-state index is 0.0433. The maximum Gasteiger partial charge on any atom is 0.421 e. The van der Waals surface area contributed by atoms with E-state index in [1.165, 1.54) is 0 Å². The van der Waals surface area contributed by atoms with Gasteiger partial charge in [-0.25, -0.2) is 4.98 Å². The Bertz CT molecular complexity index is 847. The third kappa shape index (κ3) is 3.29. The van der Waals surface area contributed by atoms with Gasteiger partial charge in [-0.05, 0) is 26.7 Å². The first kappa shape index (κ1) is 18.0. The fourth-order valence-corrected chi connectivity index (χ4v) is 2.84. The monoisotopic (exact) mass is 365 g/mol. The van der Waals surface area contributed by atoms with Gasteiger partial charge in [-0.3, -0.25) is 4.68 Å². The highest BCUT2D eigenvalue weighted by atomic mass is 19.4. The number of anilines is 3. The van der Waals surface area contributed by atoms with Crippen LogP contribution in [0.25, 0.3) is 0 Å². The van der Waals surface area contributed by atoms with Gasteiger partial charge in [-0.2, -0.15) is 28.5 Å². The van der Waals surface area contributed by atoms with Crippen molar-refractivity contribution in [2.45, 2.75) is 44.8 Å². The summed E-state index contributed by atoms with van der Waals surface area (Å²) < 4.78 is 40.9. The lowest BCUT2D eigenvalue weighted by Gasteiger charge is -2.15. The average Bonchev–Trinajstić information content (AvgIpc) is 3.25. The van der Waals surface area contributed by atoms with Crippen molar-refractivity contribution in [3.05, 3.63) is 23.7 Å². The second-order valence-corrected chi connectivity index (χ2v) is 6.22. The van der Waals surface area contributed by atoms with Crippen LogP contribution in [0, 0.1) is 18.3 Å². The van der Waals surface area contributed by atoms with Gasteiger partial charge in [0.05, 0.1) is 35.6 Å². The lowest BCUT2D eigenvalue weighted by atomic mass is 10.2. The quantitative estimate of drug-likeness (QED) is 0.813. The van der Waals surface area contributed by atoms with Crippen LogP contribution in [0.5, 0.6) is 0 Å². The second-order valence-electron chi connectivity index (χ2n) is 6.22. The summed E-state index contributed by atoms with van der Waals surface area (Å²) in [6, 6.07) is 2.18. The molecule has 10 heteroatoms. The van der Waals surface area contributed by atoms with Crippen LogP contribution in [0.2, 0.25) is 0 Å². The Kier molecular flexibility index (Phi) is 4.48. The van der Waals surface area contributed by atoms with E-state index in [0.29, 0.717) is 18.7 Å². The van der Waals surface area contributed by atoms with Gasteiger partial charge in [0.25, 0.3) is 0 Å². The molecule has 0 amide bonds. The molecular formula is C16H18F3N7. The average molecular weight is 365 g/mol. The summed E-state index contributed by atoms with van der Waals surface area (Å²) >= 11 is 0. The van der Waals surface area contributed by atoms with Crippen LogP contribution >= 0.6 is 0 Å². The zero-order valence-electron chi connectivity index (χ0n) is 14.4. The number of nitrogens with one attached hydrogen (secondary N) is 2. The van der Waals surface area contributed by atoms with Gasteiger partial charge in [-0.1, -0.05) is 0 Å². The van der Waals surface area contributed by atoms with Crippen LogP contribution in [0.3, 0.4) is 0 Å². The van der Waals surface area contributed by atoms with Gasteiger partial charge in [0.2, 0.25) is 5.95 Å². The van der Waals surface area contributed by atoms with E-state index in [4.69, 9.17) is 5.26 Å². The SMILES string of the molecule is CCNc1nc(Nc2cnn(C3(CC#N)CC3)c2C)ncc1C(F)(F)F. The van der Waals surface area contributed by atoms with E-state index >= 15 is 0 Å². The number of hydrogen-bond donors (Lipinski definition) is 2. The third-order valence-corrected chi connectivity index (χ3v) is 4.38. The largest absolute Gasteiger partial charge is 0.421 e. The molecule has 0 bridgehead atoms. The second kappa shape index (κ2) is 6.48. The van der Waals surface area contributed by atoms with Crippen molar-refractivity contribution in [3.63, 3.8) is 0 Å². The maximum absolute atomic E-state index is 13.0. The summed E-state index contributed by atoms with van der Waals surface area (Å²) in [5.74, 6) is -0.229. The number of hydrogen-bond acceptors (Lipinski definition) is 6. The molecule has 1 fully saturated rings. The normalized spacial score (nSPS) is 15.4. The molecule has 0 saturated heterocycles. The van der Waals surface area contributed by atoms with Gasteiger partial charge in [0, 0.05) is 12.7 Å². The van der Waals surface area contributed by atoms with Crippen LogP contribution in [-0.4, -0.2) is 26.3 Å². The lowest BCUT2D eigenvalue weighted by molar-refractivity contribution is -0.137. The molecule has 1 aliphatic carbocycles. The van der Waals surface area contributed by atoms with E-state index < -0.39 is 11.7 Å². The molecule has 0 radical (unpaired) electrons. The molecule has 26 heavy (non-hydrogen) atoms. The molecule has 138 valence electrons. The smallest absolute Gasteiger partial charge is 0.370 e. The van der Waals surface area contributed by atoms with Crippen LogP contribution < -0.4 is 10.6 Å². The summed E-state index contributed by atoms with van der Waals surface area (Å²) in [6.07, 6.45) is -0.0810. The van der Waals surface area contributed by atoms with E-state index in [-0.39, 0.29) is 17.3 Å². The molecule has 1 saturated carbocycles. The molecule has 0 atom stereocenters.